The number of anilines is 1. The lowest BCUT2D eigenvalue weighted by Gasteiger charge is -2.29. The second kappa shape index (κ2) is 8.88. The minimum Gasteiger partial charge on any atom is -0.352 e. The Hall–Kier alpha value is -2.57. The van der Waals surface area contributed by atoms with E-state index in [4.69, 9.17) is 0 Å². The maximum absolute atomic E-state index is 12.7. The molecule has 0 saturated carbocycles. The molecule has 7 heteroatoms. The molecule has 2 N–H and O–H groups in total. The summed E-state index contributed by atoms with van der Waals surface area (Å²) in [6.45, 7) is 4.28. The monoisotopic (exact) mass is 371 g/mol. The van der Waals surface area contributed by atoms with Gasteiger partial charge in [-0.1, -0.05) is 25.1 Å². The Bertz CT molecular complexity index is 718. The number of amides is 2. The van der Waals surface area contributed by atoms with Gasteiger partial charge in [-0.3, -0.25) is 14.6 Å². The maximum atomic E-state index is 12.7. The first-order valence-electron chi connectivity index (χ1n) is 9.75. The van der Waals surface area contributed by atoms with E-state index in [1.54, 1.807) is 7.05 Å². The zero-order valence-electron chi connectivity index (χ0n) is 16.2. The first kappa shape index (κ1) is 19.2. The van der Waals surface area contributed by atoms with E-state index in [0.717, 1.165) is 38.0 Å². The number of benzene rings is 1. The summed E-state index contributed by atoms with van der Waals surface area (Å²) in [5.74, 6) is 0.824. The number of aliphatic imine (C=N–C) groups is 1. The van der Waals surface area contributed by atoms with Gasteiger partial charge in [0.15, 0.2) is 5.96 Å². The summed E-state index contributed by atoms with van der Waals surface area (Å²) < 4.78 is 0. The second-order valence-corrected chi connectivity index (χ2v) is 7.03. The fourth-order valence-corrected chi connectivity index (χ4v) is 3.76. The predicted octanol–water partition coefficient (Wildman–Crippen LogP) is 1.14. The van der Waals surface area contributed by atoms with Gasteiger partial charge in [0, 0.05) is 44.8 Å². The Balaban J connectivity index is 1.52. The third-order valence-corrected chi connectivity index (χ3v) is 5.23. The molecule has 2 heterocycles. The van der Waals surface area contributed by atoms with Crippen LogP contribution in [0.25, 0.3) is 0 Å². The number of hydrogen-bond acceptors (Lipinski definition) is 3. The summed E-state index contributed by atoms with van der Waals surface area (Å²) in [5.41, 5.74) is 2.24. The first-order chi connectivity index (χ1) is 13.1. The second-order valence-electron chi connectivity index (χ2n) is 7.03. The van der Waals surface area contributed by atoms with E-state index in [2.05, 4.69) is 21.7 Å². The van der Waals surface area contributed by atoms with Crippen LogP contribution < -0.4 is 15.5 Å². The summed E-state index contributed by atoms with van der Waals surface area (Å²) in [7, 11) is 1.69. The van der Waals surface area contributed by atoms with Gasteiger partial charge in [0.2, 0.25) is 11.8 Å². The molecule has 1 aromatic carbocycles. The Labute approximate surface area is 160 Å². The first-order valence-corrected chi connectivity index (χ1v) is 9.75. The van der Waals surface area contributed by atoms with Crippen LogP contribution in [0.3, 0.4) is 0 Å². The largest absolute Gasteiger partial charge is 0.352 e. The van der Waals surface area contributed by atoms with E-state index >= 15 is 0 Å². The van der Waals surface area contributed by atoms with Crippen molar-refractivity contribution in [1.82, 2.24) is 15.5 Å². The van der Waals surface area contributed by atoms with Crippen LogP contribution in [-0.4, -0.2) is 61.9 Å². The molecule has 1 unspecified atom stereocenters. The lowest BCUT2D eigenvalue weighted by atomic mass is 10.0. The normalized spacial score (nSPS) is 19.6. The van der Waals surface area contributed by atoms with E-state index in [9.17, 15) is 9.59 Å². The molecule has 0 radical (unpaired) electrons. The lowest BCUT2D eigenvalue weighted by molar-refractivity contribution is -0.129. The standard InChI is InChI=1S/C20H29N5O2/c1-3-18(26)24-12-10-16(14-24)23-20(21-2)22-13-19(27)25-11-6-8-15-7-4-5-9-17(15)25/h4-5,7,9,16H,3,6,8,10-14H2,1-2H3,(H2,21,22,23). The number of carbonyl (C=O) groups excluding carboxylic acids is 2. The fraction of sp³-hybridized carbons (Fsp3) is 0.550. The molecule has 0 spiro atoms. The summed E-state index contributed by atoms with van der Waals surface area (Å²) in [5, 5.41) is 6.45. The number of likely N-dealkylation sites (tertiary alicyclic amines) is 1. The summed E-state index contributed by atoms with van der Waals surface area (Å²) in [4.78, 5) is 32.5. The molecule has 146 valence electrons. The van der Waals surface area contributed by atoms with Crippen molar-refractivity contribution >= 4 is 23.5 Å². The molecule has 1 fully saturated rings. The third kappa shape index (κ3) is 4.59. The average molecular weight is 371 g/mol. The predicted molar refractivity (Wildman–Crippen MR) is 107 cm³/mol. The molecule has 27 heavy (non-hydrogen) atoms. The van der Waals surface area contributed by atoms with Crippen molar-refractivity contribution in [3.63, 3.8) is 0 Å². The molecule has 1 atom stereocenters. The SMILES string of the molecule is CCC(=O)N1CCC(NC(=NC)NCC(=O)N2CCCc3ccccc32)C1. The van der Waals surface area contributed by atoms with Crippen LogP contribution >= 0.6 is 0 Å². The number of guanidine groups is 1. The van der Waals surface area contributed by atoms with E-state index in [0.29, 0.717) is 18.9 Å². The van der Waals surface area contributed by atoms with Crippen molar-refractivity contribution in [3.05, 3.63) is 29.8 Å². The number of nitrogens with zero attached hydrogens (tertiary/aromatic N) is 3. The highest BCUT2D eigenvalue weighted by molar-refractivity contribution is 5.98. The molecule has 2 aliphatic heterocycles. The van der Waals surface area contributed by atoms with Gasteiger partial charge in [0.1, 0.15) is 0 Å². The van der Waals surface area contributed by atoms with Crippen molar-refractivity contribution < 1.29 is 9.59 Å². The Morgan fingerprint density at radius 2 is 2.04 bits per heavy atom. The highest BCUT2D eigenvalue weighted by Gasteiger charge is 2.26. The number of carbonyl (C=O) groups is 2. The van der Waals surface area contributed by atoms with Gasteiger partial charge in [-0.05, 0) is 30.9 Å². The van der Waals surface area contributed by atoms with Crippen LogP contribution in [0, 0.1) is 0 Å². The van der Waals surface area contributed by atoms with Gasteiger partial charge < -0.3 is 20.4 Å². The molecule has 1 aromatic rings. The van der Waals surface area contributed by atoms with Gasteiger partial charge in [-0.15, -0.1) is 0 Å². The van der Waals surface area contributed by atoms with Crippen molar-refractivity contribution in [2.24, 2.45) is 4.99 Å². The molecular weight excluding hydrogens is 342 g/mol. The molecule has 0 aliphatic carbocycles. The van der Waals surface area contributed by atoms with E-state index in [-0.39, 0.29) is 24.4 Å². The molecule has 3 rings (SSSR count). The molecular formula is C20H29N5O2. The smallest absolute Gasteiger partial charge is 0.246 e. The number of rotatable bonds is 4. The highest BCUT2D eigenvalue weighted by atomic mass is 16.2. The van der Waals surface area contributed by atoms with Gasteiger partial charge in [0.25, 0.3) is 0 Å². The van der Waals surface area contributed by atoms with Crippen LogP contribution in [-0.2, 0) is 16.0 Å². The Kier molecular flexibility index (Phi) is 6.32. The summed E-state index contributed by atoms with van der Waals surface area (Å²) >= 11 is 0. The Morgan fingerprint density at radius 3 is 2.81 bits per heavy atom. The summed E-state index contributed by atoms with van der Waals surface area (Å²) in [6, 6.07) is 8.26. The number of hydrogen-bond donors (Lipinski definition) is 2. The number of aryl methyl sites for hydroxylation is 1. The van der Waals surface area contributed by atoms with Gasteiger partial charge in [0.05, 0.1) is 6.54 Å². The average Bonchev–Trinajstić information content (AvgIpc) is 3.18. The highest BCUT2D eigenvalue weighted by Crippen LogP contribution is 2.26. The molecule has 0 aromatic heterocycles. The van der Waals surface area contributed by atoms with Crippen molar-refractivity contribution in [3.8, 4) is 0 Å². The zero-order chi connectivity index (χ0) is 19.2. The summed E-state index contributed by atoms with van der Waals surface area (Å²) in [6.07, 6.45) is 3.43. The van der Waals surface area contributed by atoms with Crippen LogP contribution in [0.2, 0.25) is 0 Å². The van der Waals surface area contributed by atoms with Crippen LogP contribution in [0.1, 0.15) is 31.7 Å². The topological polar surface area (TPSA) is 77.0 Å². The van der Waals surface area contributed by atoms with Crippen LogP contribution in [0.15, 0.2) is 29.3 Å². The van der Waals surface area contributed by atoms with Gasteiger partial charge >= 0.3 is 0 Å². The molecule has 2 aliphatic rings. The quantitative estimate of drug-likeness (QED) is 0.615. The van der Waals surface area contributed by atoms with Crippen molar-refractivity contribution in [2.45, 2.75) is 38.6 Å². The van der Waals surface area contributed by atoms with Crippen molar-refractivity contribution in [1.29, 1.82) is 0 Å². The van der Waals surface area contributed by atoms with Crippen LogP contribution in [0.5, 0.6) is 0 Å². The Morgan fingerprint density at radius 1 is 1.22 bits per heavy atom. The van der Waals surface area contributed by atoms with E-state index in [1.807, 2.05) is 34.9 Å². The van der Waals surface area contributed by atoms with Gasteiger partial charge in [-0.25, -0.2) is 0 Å². The zero-order valence-corrected chi connectivity index (χ0v) is 16.2. The third-order valence-electron chi connectivity index (χ3n) is 5.23. The number of para-hydroxylation sites is 1. The maximum Gasteiger partial charge on any atom is 0.246 e. The minimum atomic E-state index is 0.0410. The molecule has 1 saturated heterocycles. The number of fused-ring (bicyclic) bond motifs is 1. The lowest BCUT2D eigenvalue weighted by Crippen LogP contribution is -2.49. The number of nitrogens with one attached hydrogen (secondary N) is 2. The van der Waals surface area contributed by atoms with E-state index < -0.39 is 0 Å². The molecule has 7 nitrogen and oxygen atoms in total. The van der Waals surface area contributed by atoms with Crippen LogP contribution in [0.4, 0.5) is 5.69 Å². The van der Waals surface area contributed by atoms with E-state index in [1.165, 1.54) is 5.56 Å². The molecule has 2 amide bonds. The van der Waals surface area contributed by atoms with Gasteiger partial charge in [-0.2, -0.15) is 0 Å². The molecule has 0 bridgehead atoms. The van der Waals surface area contributed by atoms with Crippen molar-refractivity contribution in [2.75, 3.05) is 38.1 Å². The minimum absolute atomic E-state index is 0.0410. The fourth-order valence-electron chi connectivity index (χ4n) is 3.76.